The van der Waals surface area contributed by atoms with E-state index in [1.807, 2.05) is 18.2 Å². The lowest BCUT2D eigenvalue weighted by molar-refractivity contribution is -0.113. The molecule has 0 bridgehead atoms. The number of rotatable bonds is 2. The topological polar surface area (TPSA) is 20.3 Å². The summed E-state index contributed by atoms with van der Waals surface area (Å²) in [6, 6.07) is 13.0. The van der Waals surface area contributed by atoms with E-state index in [0.717, 1.165) is 5.56 Å². The van der Waals surface area contributed by atoms with E-state index in [0.29, 0.717) is 19.9 Å². The number of benzene rings is 2. The first kappa shape index (κ1) is 15.2. The second-order valence-electron chi connectivity index (χ2n) is 4.52. The van der Waals surface area contributed by atoms with Crippen LogP contribution in [0.1, 0.15) is 5.56 Å². The number of thiocarbonyl (C=S) groups is 1. The lowest BCUT2D eigenvalue weighted by Crippen LogP contribution is -2.27. The molecular weight excluding hydrogens is 341 g/mol. The molecule has 1 aliphatic heterocycles. The van der Waals surface area contributed by atoms with Crippen molar-refractivity contribution in [2.75, 3.05) is 4.90 Å². The molecule has 0 unspecified atom stereocenters. The minimum absolute atomic E-state index is 0.277. The van der Waals surface area contributed by atoms with Crippen molar-refractivity contribution in [3.05, 3.63) is 69.8 Å². The molecule has 1 aliphatic rings. The average Bonchev–Trinajstić information content (AvgIpc) is 2.76. The molecule has 0 radical (unpaired) electrons. The third kappa shape index (κ3) is 2.92. The Morgan fingerprint density at radius 2 is 1.95 bits per heavy atom. The molecule has 0 atom stereocenters. The number of carbonyl (C=O) groups excluding carboxylic acids is 1. The smallest absolute Gasteiger partial charge is 0.268 e. The maximum Gasteiger partial charge on any atom is 0.270 e. The van der Waals surface area contributed by atoms with E-state index in [2.05, 4.69) is 0 Å². The summed E-state index contributed by atoms with van der Waals surface area (Å²) >= 11 is 12.5. The van der Waals surface area contributed by atoms with Crippen LogP contribution in [0.25, 0.3) is 6.08 Å². The molecule has 2 nitrogen and oxygen atoms in total. The lowest BCUT2D eigenvalue weighted by atomic mass is 10.2. The van der Waals surface area contributed by atoms with Gasteiger partial charge in [0.05, 0.1) is 10.6 Å². The van der Waals surface area contributed by atoms with Gasteiger partial charge in [-0.05, 0) is 35.9 Å². The summed E-state index contributed by atoms with van der Waals surface area (Å²) in [5, 5.41) is 0.554. The SMILES string of the molecule is O=C1C(=Cc2ccccc2Cl)SC(=S)N1c1cccc(F)c1. The van der Waals surface area contributed by atoms with Crippen LogP contribution in [0.3, 0.4) is 0 Å². The Hall–Kier alpha value is -1.69. The standard InChI is InChI=1S/C16H9ClFNOS2/c17-13-7-2-1-4-10(13)8-14-15(20)19(16(21)22-14)12-6-3-5-11(18)9-12/h1-9H. The minimum Gasteiger partial charge on any atom is -0.268 e. The molecule has 1 saturated heterocycles. The molecule has 6 heteroatoms. The number of hydrogen-bond acceptors (Lipinski definition) is 3. The quantitative estimate of drug-likeness (QED) is 0.569. The summed E-state index contributed by atoms with van der Waals surface area (Å²) < 4.78 is 13.7. The number of amides is 1. The van der Waals surface area contributed by atoms with Crippen LogP contribution < -0.4 is 4.90 Å². The molecule has 3 rings (SSSR count). The van der Waals surface area contributed by atoms with Gasteiger partial charge in [-0.2, -0.15) is 0 Å². The zero-order valence-electron chi connectivity index (χ0n) is 11.1. The summed E-state index contributed by atoms with van der Waals surface area (Å²) in [6.45, 7) is 0. The summed E-state index contributed by atoms with van der Waals surface area (Å²) in [5.74, 6) is -0.692. The molecule has 1 heterocycles. The molecule has 1 amide bonds. The van der Waals surface area contributed by atoms with Crippen molar-refractivity contribution in [2.45, 2.75) is 0 Å². The largest absolute Gasteiger partial charge is 0.270 e. The molecule has 0 N–H and O–H groups in total. The molecule has 0 saturated carbocycles. The molecule has 1 fully saturated rings. The highest BCUT2D eigenvalue weighted by Gasteiger charge is 2.33. The van der Waals surface area contributed by atoms with Crippen LogP contribution in [0.4, 0.5) is 10.1 Å². The first-order valence-electron chi connectivity index (χ1n) is 6.34. The van der Waals surface area contributed by atoms with E-state index in [-0.39, 0.29) is 5.91 Å². The molecule has 2 aromatic carbocycles. The van der Waals surface area contributed by atoms with Gasteiger partial charge in [0.15, 0.2) is 4.32 Å². The fraction of sp³-hybridized carbons (Fsp3) is 0. The van der Waals surface area contributed by atoms with E-state index in [4.69, 9.17) is 23.8 Å². The third-order valence-corrected chi connectivity index (χ3v) is 4.70. The fourth-order valence-corrected chi connectivity index (χ4v) is 3.52. The maximum atomic E-state index is 13.4. The second-order valence-corrected chi connectivity index (χ2v) is 6.60. The predicted octanol–water partition coefficient (Wildman–Crippen LogP) is 4.88. The fourth-order valence-electron chi connectivity index (χ4n) is 2.04. The van der Waals surface area contributed by atoms with Crippen molar-refractivity contribution < 1.29 is 9.18 Å². The van der Waals surface area contributed by atoms with Gasteiger partial charge in [0.1, 0.15) is 5.82 Å². The monoisotopic (exact) mass is 349 g/mol. The van der Waals surface area contributed by atoms with Crippen molar-refractivity contribution >= 4 is 57.6 Å². The van der Waals surface area contributed by atoms with Crippen molar-refractivity contribution in [3.8, 4) is 0 Å². The van der Waals surface area contributed by atoms with Crippen LogP contribution in [-0.2, 0) is 4.79 Å². The number of hydrogen-bond donors (Lipinski definition) is 0. The Morgan fingerprint density at radius 1 is 1.18 bits per heavy atom. The van der Waals surface area contributed by atoms with E-state index < -0.39 is 5.82 Å². The highest BCUT2D eigenvalue weighted by molar-refractivity contribution is 8.27. The molecule has 110 valence electrons. The Labute approximate surface area is 141 Å². The average molecular weight is 350 g/mol. The van der Waals surface area contributed by atoms with Crippen molar-refractivity contribution in [1.29, 1.82) is 0 Å². The zero-order valence-corrected chi connectivity index (χ0v) is 13.5. The van der Waals surface area contributed by atoms with E-state index in [1.54, 1.807) is 24.3 Å². The summed E-state index contributed by atoms with van der Waals surface area (Å²) in [7, 11) is 0. The summed E-state index contributed by atoms with van der Waals surface area (Å²) in [5.41, 5.74) is 1.16. The van der Waals surface area contributed by atoms with Gasteiger partial charge in [-0.15, -0.1) is 0 Å². The molecule has 0 spiro atoms. The van der Waals surface area contributed by atoms with Crippen molar-refractivity contribution in [2.24, 2.45) is 0 Å². The van der Waals surface area contributed by atoms with Gasteiger partial charge in [-0.25, -0.2) is 4.39 Å². The first-order chi connectivity index (χ1) is 10.6. The lowest BCUT2D eigenvalue weighted by Gasteiger charge is -2.14. The summed E-state index contributed by atoms with van der Waals surface area (Å²) in [4.78, 5) is 14.3. The molecule has 22 heavy (non-hydrogen) atoms. The van der Waals surface area contributed by atoms with Crippen LogP contribution in [0.15, 0.2) is 53.4 Å². The van der Waals surface area contributed by atoms with Crippen LogP contribution >= 0.6 is 35.6 Å². The van der Waals surface area contributed by atoms with Gasteiger partial charge in [0, 0.05) is 5.02 Å². The molecule has 2 aromatic rings. The highest BCUT2D eigenvalue weighted by Crippen LogP contribution is 2.36. The number of nitrogens with zero attached hydrogens (tertiary/aromatic N) is 1. The Morgan fingerprint density at radius 3 is 2.68 bits per heavy atom. The highest BCUT2D eigenvalue weighted by atomic mass is 35.5. The number of carbonyl (C=O) groups is 1. The molecular formula is C16H9ClFNOS2. The van der Waals surface area contributed by atoms with Gasteiger partial charge in [-0.1, -0.05) is 59.8 Å². The number of thioether (sulfide) groups is 1. The van der Waals surface area contributed by atoms with Crippen LogP contribution in [0.2, 0.25) is 5.02 Å². The van der Waals surface area contributed by atoms with Crippen LogP contribution in [0, 0.1) is 5.82 Å². The van der Waals surface area contributed by atoms with E-state index >= 15 is 0 Å². The van der Waals surface area contributed by atoms with Gasteiger partial charge >= 0.3 is 0 Å². The normalized spacial score (nSPS) is 16.6. The van der Waals surface area contributed by atoms with Gasteiger partial charge in [0.2, 0.25) is 0 Å². The minimum atomic E-state index is -0.415. The van der Waals surface area contributed by atoms with E-state index in [9.17, 15) is 9.18 Å². The zero-order chi connectivity index (χ0) is 15.7. The molecule has 0 aliphatic carbocycles. The number of halogens is 2. The Balaban J connectivity index is 1.97. The number of anilines is 1. The Bertz CT molecular complexity index is 806. The Kier molecular flexibility index (Phi) is 4.29. The van der Waals surface area contributed by atoms with Gasteiger partial charge in [-0.3, -0.25) is 9.69 Å². The van der Waals surface area contributed by atoms with Gasteiger partial charge < -0.3 is 0 Å². The van der Waals surface area contributed by atoms with Crippen LogP contribution in [-0.4, -0.2) is 10.2 Å². The molecule has 0 aromatic heterocycles. The van der Waals surface area contributed by atoms with Crippen molar-refractivity contribution in [3.63, 3.8) is 0 Å². The van der Waals surface area contributed by atoms with Crippen molar-refractivity contribution in [1.82, 2.24) is 0 Å². The van der Waals surface area contributed by atoms with E-state index in [1.165, 1.54) is 28.8 Å². The third-order valence-electron chi connectivity index (χ3n) is 3.05. The second kappa shape index (κ2) is 6.20. The first-order valence-corrected chi connectivity index (χ1v) is 7.94. The van der Waals surface area contributed by atoms with Crippen LogP contribution in [0.5, 0.6) is 0 Å². The maximum absolute atomic E-state index is 13.4. The summed E-state index contributed by atoms with van der Waals surface area (Å²) in [6.07, 6.45) is 1.70. The van der Waals surface area contributed by atoms with Gasteiger partial charge in [0.25, 0.3) is 5.91 Å². The predicted molar refractivity (Wildman–Crippen MR) is 93.5 cm³/mol.